The van der Waals surface area contributed by atoms with E-state index in [0.29, 0.717) is 32.2 Å². The number of aromatic nitrogens is 5. The number of nitrogens with two attached hydrogens (primary N) is 1. The van der Waals surface area contributed by atoms with Gasteiger partial charge in [0.2, 0.25) is 0 Å². The number of rotatable bonds is 4. The fourth-order valence-corrected chi connectivity index (χ4v) is 3.77. The number of carbonyl (C=O) groups is 2. The highest BCUT2D eigenvalue weighted by Gasteiger charge is 2.23. The predicted octanol–water partition coefficient (Wildman–Crippen LogP) is 3.23. The van der Waals surface area contributed by atoms with Gasteiger partial charge < -0.3 is 11.1 Å². The summed E-state index contributed by atoms with van der Waals surface area (Å²) in [6.07, 6.45) is 3.35. The molecule has 2 amide bonds. The van der Waals surface area contributed by atoms with Crippen molar-refractivity contribution >= 4 is 55.9 Å². The summed E-state index contributed by atoms with van der Waals surface area (Å²) in [6, 6.07) is 6.41. The molecule has 3 N–H and O–H groups in total. The topological polar surface area (TPSA) is 121 Å². The van der Waals surface area contributed by atoms with Gasteiger partial charge in [-0.15, -0.1) is 0 Å². The molecule has 0 atom stereocenters. The number of nitrogens with one attached hydrogen (secondary N) is 1. The molecule has 30 heavy (non-hydrogen) atoms. The minimum atomic E-state index is -0.677. The Kier molecular flexibility index (Phi) is 5.04. The number of fused-ring (bicyclic) bond motifs is 1. The third kappa shape index (κ3) is 3.44. The van der Waals surface area contributed by atoms with Gasteiger partial charge in [-0.2, -0.15) is 10.2 Å². The second-order valence-electron chi connectivity index (χ2n) is 6.55. The Morgan fingerprint density at radius 1 is 1.27 bits per heavy atom. The number of anilines is 1. The van der Waals surface area contributed by atoms with Crippen LogP contribution in [0.15, 0.2) is 41.3 Å². The van der Waals surface area contributed by atoms with Gasteiger partial charge in [-0.1, -0.05) is 11.6 Å². The molecule has 1 aromatic carbocycles. The number of halogens is 2. The number of carbonyl (C=O) groups excluding carboxylic acids is 2. The highest BCUT2D eigenvalue weighted by atomic mass is 79.9. The lowest BCUT2D eigenvalue weighted by molar-refractivity contribution is 0.100. The maximum absolute atomic E-state index is 13.2. The van der Waals surface area contributed by atoms with Crippen LogP contribution in [0.4, 0.5) is 5.69 Å². The molecule has 3 heterocycles. The summed E-state index contributed by atoms with van der Waals surface area (Å²) in [6.45, 7) is 1.79. The molecular formula is C19H15BrClN7O2. The minimum absolute atomic E-state index is 0.160. The monoisotopic (exact) mass is 487 g/mol. The molecule has 0 saturated carbocycles. The van der Waals surface area contributed by atoms with Crippen LogP contribution in [0.5, 0.6) is 0 Å². The quantitative estimate of drug-likeness (QED) is 0.457. The van der Waals surface area contributed by atoms with E-state index in [-0.39, 0.29) is 11.3 Å². The molecule has 152 valence electrons. The zero-order valence-electron chi connectivity index (χ0n) is 15.8. The molecule has 0 fully saturated rings. The van der Waals surface area contributed by atoms with Crippen molar-refractivity contribution in [1.29, 1.82) is 0 Å². The zero-order valence-corrected chi connectivity index (χ0v) is 18.2. The zero-order chi connectivity index (χ0) is 21.6. The van der Waals surface area contributed by atoms with Crippen molar-refractivity contribution in [3.63, 3.8) is 0 Å². The standard InChI is InChI=1S/C19H15BrClN7O2/c1-9-11-8-27(2)25-13(11)6-10(17(22)29)16(9)24-19(30)14-7-15(20)26-28(14)18-12(21)4-3-5-23-18/h3-8H,1-2H3,(H2,22,29)(H,24,30). The van der Waals surface area contributed by atoms with Crippen LogP contribution in [0.2, 0.25) is 5.02 Å². The first-order valence-electron chi connectivity index (χ1n) is 8.71. The van der Waals surface area contributed by atoms with Crippen LogP contribution < -0.4 is 11.1 Å². The van der Waals surface area contributed by atoms with Crippen molar-refractivity contribution in [1.82, 2.24) is 24.5 Å². The van der Waals surface area contributed by atoms with Crippen LogP contribution in [0.1, 0.15) is 26.4 Å². The van der Waals surface area contributed by atoms with E-state index in [1.165, 1.54) is 10.7 Å². The molecule has 0 aliphatic rings. The summed E-state index contributed by atoms with van der Waals surface area (Å²) in [5.74, 6) is -0.892. The van der Waals surface area contributed by atoms with Crippen LogP contribution in [0.25, 0.3) is 16.7 Å². The van der Waals surface area contributed by atoms with Gasteiger partial charge in [0, 0.05) is 30.9 Å². The Morgan fingerprint density at radius 2 is 2.03 bits per heavy atom. The van der Waals surface area contributed by atoms with E-state index in [4.69, 9.17) is 17.3 Å². The Bertz CT molecular complexity index is 1330. The molecule has 0 radical (unpaired) electrons. The van der Waals surface area contributed by atoms with Gasteiger partial charge in [-0.25, -0.2) is 9.67 Å². The summed E-state index contributed by atoms with van der Waals surface area (Å²) in [4.78, 5) is 29.4. The molecule has 4 rings (SSSR count). The predicted molar refractivity (Wildman–Crippen MR) is 116 cm³/mol. The summed E-state index contributed by atoms with van der Waals surface area (Å²) in [5.41, 5.74) is 7.48. The number of nitrogens with zero attached hydrogens (tertiary/aromatic N) is 5. The van der Waals surface area contributed by atoms with Gasteiger partial charge in [0.15, 0.2) is 5.82 Å². The van der Waals surface area contributed by atoms with Crippen molar-refractivity contribution in [2.24, 2.45) is 12.8 Å². The summed E-state index contributed by atoms with van der Waals surface area (Å²) < 4.78 is 3.37. The van der Waals surface area contributed by atoms with E-state index < -0.39 is 11.8 Å². The molecule has 0 spiro atoms. The van der Waals surface area contributed by atoms with E-state index in [1.54, 1.807) is 49.2 Å². The maximum atomic E-state index is 13.2. The molecule has 0 bridgehead atoms. The molecule has 0 saturated heterocycles. The molecule has 0 aliphatic carbocycles. The van der Waals surface area contributed by atoms with E-state index in [0.717, 1.165) is 5.39 Å². The highest BCUT2D eigenvalue weighted by molar-refractivity contribution is 9.10. The van der Waals surface area contributed by atoms with Gasteiger partial charge in [0.25, 0.3) is 11.8 Å². The smallest absolute Gasteiger partial charge is 0.274 e. The van der Waals surface area contributed by atoms with E-state index in [2.05, 4.69) is 36.4 Å². The van der Waals surface area contributed by atoms with Crippen molar-refractivity contribution in [3.05, 3.63) is 63.1 Å². The fraction of sp³-hybridized carbons (Fsp3) is 0.105. The van der Waals surface area contributed by atoms with Gasteiger partial charge >= 0.3 is 0 Å². The molecule has 3 aromatic heterocycles. The lowest BCUT2D eigenvalue weighted by Crippen LogP contribution is -2.22. The van der Waals surface area contributed by atoms with Crippen LogP contribution in [-0.4, -0.2) is 36.4 Å². The number of hydrogen-bond acceptors (Lipinski definition) is 5. The molecule has 0 unspecified atom stereocenters. The van der Waals surface area contributed by atoms with Crippen LogP contribution in [0, 0.1) is 6.92 Å². The number of pyridine rings is 1. The number of primary amides is 1. The van der Waals surface area contributed by atoms with Gasteiger partial charge in [-0.05, 0) is 46.6 Å². The second kappa shape index (κ2) is 7.54. The van der Waals surface area contributed by atoms with E-state index in [9.17, 15) is 9.59 Å². The largest absolute Gasteiger partial charge is 0.366 e. The van der Waals surface area contributed by atoms with Crippen molar-refractivity contribution in [2.75, 3.05) is 5.32 Å². The Balaban J connectivity index is 1.82. The fourth-order valence-electron chi connectivity index (χ4n) is 3.19. The normalized spacial score (nSPS) is 11.1. The van der Waals surface area contributed by atoms with Crippen LogP contribution >= 0.6 is 27.5 Å². The van der Waals surface area contributed by atoms with E-state index in [1.807, 2.05) is 0 Å². The summed E-state index contributed by atoms with van der Waals surface area (Å²) in [7, 11) is 1.77. The first-order chi connectivity index (χ1) is 14.3. The number of aryl methyl sites for hydroxylation is 2. The third-order valence-electron chi connectivity index (χ3n) is 4.54. The molecule has 11 heteroatoms. The summed E-state index contributed by atoms with van der Waals surface area (Å²) >= 11 is 9.50. The number of hydrogen-bond donors (Lipinski definition) is 2. The average molecular weight is 489 g/mol. The van der Waals surface area contributed by atoms with Gasteiger partial charge in [0.1, 0.15) is 10.3 Å². The van der Waals surface area contributed by atoms with Crippen molar-refractivity contribution < 1.29 is 9.59 Å². The van der Waals surface area contributed by atoms with Crippen molar-refractivity contribution in [3.8, 4) is 5.82 Å². The number of benzene rings is 1. The maximum Gasteiger partial charge on any atom is 0.274 e. The third-order valence-corrected chi connectivity index (χ3v) is 5.23. The SMILES string of the molecule is Cc1c(NC(=O)c2cc(Br)nn2-c2ncccc2Cl)c(C(N)=O)cc2nn(C)cc12. The Labute approximate surface area is 184 Å². The first kappa shape index (κ1) is 20.0. The molecular weight excluding hydrogens is 474 g/mol. The van der Waals surface area contributed by atoms with Gasteiger partial charge in [-0.3, -0.25) is 14.3 Å². The summed E-state index contributed by atoms with van der Waals surface area (Å²) in [5, 5.41) is 12.5. The first-order valence-corrected chi connectivity index (χ1v) is 9.88. The molecule has 4 aromatic rings. The molecule has 9 nitrogen and oxygen atoms in total. The Morgan fingerprint density at radius 3 is 2.73 bits per heavy atom. The lowest BCUT2D eigenvalue weighted by Gasteiger charge is -2.14. The number of amides is 2. The second-order valence-corrected chi connectivity index (χ2v) is 7.77. The van der Waals surface area contributed by atoms with Gasteiger partial charge in [0.05, 0.1) is 21.8 Å². The van der Waals surface area contributed by atoms with Crippen molar-refractivity contribution in [2.45, 2.75) is 6.92 Å². The van der Waals surface area contributed by atoms with Crippen LogP contribution in [0.3, 0.4) is 0 Å². The van der Waals surface area contributed by atoms with E-state index >= 15 is 0 Å². The average Bonchev–Trinajstić information content (AvgIpc) is 3.26. The van der Waals surface area contributed by atoms with Crippen LogP contribution in [-0.2, 0) is 7.05 Å². The molecule has 0 aliphatic heterocycles. The minimum Gasteiger partial charge on any atom is -0.366 e. The lowest BCUT2D eigenvalue weighted by atomic mass is 10.0. The highest BCUT2D eigenvalue weighted by Crippen LogP contribution is 2.30. The Hall–Kier alpha value is -3.24.